The fourth-order valence-electron chi connectivity index (χ4n) is 0.603. The van der Waals surface area contributed by atoms with Crippen molar-refractivity contribution >= 4 is 23.5 Å². The molecule has 0 spiro atoms. The summed E-state index contributed by atoms with van der Waals surface area (Å²) in [6.45, 7) is 0. The van der Waals surface area contributed by atoms with Gasteiger partial charge in [0.15, 0.2) is 5.16 Å². The summed E-state index contributed by atoms with van der Waals surface area (Å²) in [5.74, 6) is -0.312. The first-order valence-electron chi connectivity index (χ1n) is 3.16. The molecule has 0 saturated heterocycles. The molecule has 0 atom stereocenters. The van der Waals surface area contributed by atoms with Gasteiger partial charge in [0.1, 0.15) is 5.40 Å². The average molecular weight is 215 g/mol. The van der Waals surface area contributed by atoms with Crippen molar-refractivity contribution in [1.82, 2.24) is 9.97 Å². The van der Waals surface area contributed by atoms with Crippen molar-refractivity contribution < 1.29 is 5.11 Å². The van der Waals surface area contributed by atoms with Gasteiger partial charge in [-0.2, -0.15) is 10.2 Å². The number of nitriles is 1. The van der Waals surface area contributed by atoms with Gasteiger partial charge in [-0.25, -0.2) is 0 Å². The normalized spacial score (nSPS) is 9.46. The number of aromatic nitrogens is 2. The van der Waals surface area contributed by atoms with E-state index in [-0.39, 0.29) is 5.88 Å². The van der Waals surface area contributed by atoms with Gasteiger partial charge in [0.25, 0.3) is 5.56 Å². The number of hydrogen-bond donors (Lipinski definition) is 2. The summed E-state index contributed by atoms with van der Waals surface area (Å²) < 4.78 is 0. The van der Waals surface area contributed by atoms with Crippen LogP contribution in [0.2, 0.25) is 0 Å². The van der Waals surface area contributed by atoms with E-state index in [0.717, 1.165) is 17.8 Å². The Morgan fingerprint density at radius 1 is 1.77 bits per heavy atom. The molecule has 1 aromatic heterocycles. The summed E-state index contributed by atoms with van der Waals surface area (Å²) >= 11 is 2.23. The summed E-state index contributed by atoms with van der Waals surface area (Å²) in [7, 11) is 0. The summed E-state index contributed by atoms with van der Waals surface area (Å²) in [5, 5.41) is 19.8. The van der Waals surface area contributed by atoms with Gasteiger partial charge in [-0.1, -0.05) is 11.8 Å². The maximum Gasteiger partial charge on any atom is 0.255 e. The van der Waals surface area contributed by atoms with E-state index in [2.05, 4.69) is 9.97 Å². The highest BCUT2D eigenvalue weighted by atomic mass is 32.2. The Bertz CT molecular complexity index is 384. The third-order valence-corrected chi connectivity index (χ3v) is 2.56. The second-order valence-electron chi connectivity index (χ2n) is 1.91. The monoisotopic (exact) mass is 215 g/mol. The van der Waals surface area contributed by atoms with Crippen LogP contribution in [0, 0.1) is 10.7 Å². The molecule has 2 N–H and O–H groups in total. The maximum atomic E-state index is 10.8. The van der Waals surface area contributed by atoms with E-state index < -0.39 is 5.56 Å². The Balaban J connectivity index is 2.68. The van der Waals surface area contributed by atoms with E-state index >= 15 is 0 Å². The highest BCUT2D eigenvalue weighted by molar-refractivity contribution is 8.18. The van der Waals surface area contributed by atoms with Crippen LogP contribution in [-0.4, -0.2) is 20.2 Å². The number of nitrogens with zero attached hydrogens (tertiary/aromatic N) is 2. The number of aromatic amines is 1. The lowest BCUT2D eigenvalue weighted by molar-refractivity contribution is 0.444. The molecule has 0 aliphatic carbocycles. The predicted octanol–water partition coefficient (Wildman–Crippen LogP) is 0.739. The molecule has 68 valence electrons. The van der Waals surface area contributed by atoms with E-state index in [1.807, 2.05) is 5.40 Å². The number of hydrogen-bond acceptors (Lipinski definition) is 6. The second-order valence-corrected chi connectivity index (χ2v) is 4.00. The van der Waals surface area contributed by atoms with Gasteiger partial charge in [0.05, 0.1) is 11.2 Å². The van der Waals surface area contributed by atoms with Crippen LogP contribution in [0.3, 0.4) is 0 Å². The first kappa shape index (κ1) is 9.95. The van der Waals surface area contributed by atoms with Gasteiger partial charge in [0.2, 0.25) is 5.88 Å². The van der Waals surface area contributed by atoms with E-state index in [9.17, 15) is 4.79 Å². The molecule has 0 unspecified atom stereocenters. The zero-order valence-corrected chi connectivity index (χ0v) is 7.98. The van der Waals surface area contributed by atoms with Gasteiger partial charge in [-0.3, -0.25) is 4.79 Å². The molecule has 0 aromatic carbocycles. The SMILES string of the molecule is N#CSCSc1nc(O)cc(=O)[nH]1. The Kier molecular flexibility index (Phi) is 3.67. The van der Waals surface area contributed by atoms with Gasteiger partial charge in [-0.15, -0.1) is 0 Å². The lowest BCUT2D eigenvalue weighted by atomic mass is 10.6. The summed E-state index contributed by atoms with van der Waals surface area (Å²) in [4.78, 5) is 16.9. The lowest BCUT2D eigenvalue weighted by Gasteiger charge is -1.96. The molecule has 0 radical (unpaired) electrons. The molecule has 0 aliphatic rings. The summed E-state index contributed by atoms with van der Waals surface area (Å²) in [6.07, 6.45) is 0. The van der Waals surface area contributed by atoms with Crippen LogP contribution in [0.15, 0.2) is 16.0 Å². The second kappa shape index (κ2) is 4.79. The van der Waals surface area contributed by atoms with Crippen molar-refractivity contribution in [2.24, 2.45) is 0 Å². The van der Waals surface area contributed by atoms with Gasteiger partial charge >= 0.3 is 0 Å². The van der Waals surface area contributed by atoms with E-state index in [4.69, 9.17) is 10.4 Å². The molecule has 7 heteroatoms. The minimum Gasteiger partial charge on any atom is -0.493 e. The highest BCUT2D eigenvalue weighted by Crippen LogP contribution is 2.17. The smallest absolute Gasteiger partial charge is 0.255 e. The average Bonchev–Trinajstić information content (AvgIpc) is 2.03. The molecule has 0 aliphatic heterocycles. The number of aromatic hydroxyl groups is 1. The Labute approximate surface area is 82.2 Å². The predicted molar refractivity (Wildman–Crippen MR) is 50.5 cm³/mol. The largest absolute Gasteiger partial charge is 0.493 e. The van der Waals surface area contributed by atoms with E-state index in [1.54, 1.807) is 0 Å². The minimum atomic E-state index is -0.406. The van der Waals surface area contributed by atoms with Crippen LogP contribution in [0.5, 0.6) is 5.88 Å². The lowest BCUT2D eigenvalue weighted by Crippen LogP contribution is -2.05. The fourth-order valence-corrected chi connectivity index (χ4v) is 1.83. The van der Waals surface area contributed by atoms with Crippen LogP contribution < -0.4 is 5.56 Å². The van der Waals surface area contributed by atoms with Crippen LogP contribution in [-0.2, 0) is 0 Å². The number of nitrogens with one attached hydrogen (secondary N) is 1. The molecular formula is C6H5N3O2S2. The third-order valence-electron chi connectivity index (χ3n) is 1.03. The molecular weight excluding hydrogens is 210 g/mol. The van der Waals surface area contributed by atoms with Crippen molar-refractivity contribution in [2.75, 3.05) is 5.08 Å². The molecule has 0 bridgehead atoms. The Morgan fingerprint density at radius 3 is 3.15 bits per heavy atom. The first-order valence-corrected chi connectivity index (χ1v) is 5.13. The third kappa shape index (κ3) is 3.40. The standard InChI is InChI=1S/C6H5N3O2S2/c7-2-12-3-13-6-8-4(10)1-5(11)9-6/h1H,3H2,(H2,8,9,10,11). The molecule has 0 saturated carbocycles. The van der Waals surface area contributed by atoms with Crippen molar-refractivity contribution in [3.63, 3.8) is 0 Å². The van der Waals surface area contributed by atoms with Crippen molar-refractivity contribution in [3.05, 3.63) is 16.4 Å². The molecule has 13 heavy (non-hydrogen) atoms. The van der Waals surface area contributed by atoms with E-state index in [0.29, 0.717) is 10.2 Å². The highest BCUT2D eigenvalue weighted by Gasteiger charge is 1.99. The zero-order chi connectivity index (χ0) is 9.68. The zero-order valence-electron chi connectivity index (χ0n) is 6.35. The van der Waals surface area contributed by atoms with Gasteiger partial charge in [-0.05, 0) is 11.8 Å². The minimum absolute atomic E-state index is 0.312. The molecule has 1 heterocycles. The maximum absolute atomic E-state index is 10.8. The van der Waals surface area contributed by atoms with Gasteiger partial charge < -0.3 is 10.1 Å². The van der Waals surface area contributed by atoms with E-state index in [1.165, 1.54) is 11.8 Å². The first-order chi connectivity index (χ1) is 6.22. The molecule has 5 nitrogen and oxygen atoms in total. The van der Waals surface area contributed by atoms with Crippen molar-refractivity contribution in [3.8, 4) is 11.3 Å². The molecule has 0 amide bonds. The Morgan fingerprint density at radius 2 is 2.54 bits per heavy atom. The number of thiocyanates is 1. The van der Waals surface area contributed by atoms with Crippen LogP contribution in [0.1, 0.15) is 0 Å². The number of rotatable bonds is 3. The summed E-state index contributed by atoms with van der Waals surface area (Å²) in [5.41, 5.74) is -0.406. The summed E-state index contributed by atoms with van der Waals surface area (Å²) in [6, 6.07) is 0.988. The number of H-pyrrole nitrogens is 1. The molecule has 1 aromatic rings. The number of thioether (sulfide) groups is 2. The quantitative estimate of drug-likeness (QED) is 0.254. The fraction of sp³-hybridized carbons (Fsp3) is 0.167. The van der Waals surface area contributed by atoms with Crippen molar-refractivity contribution in [2.45, 2.75) is 5.16 Å². The van der Waals surface area contributed by atoms with Crippen LogP contribution >= 0.6 is 23.5 Å². The van der Waals surface area contributed by atoms with Crippen LogP contribution in [0.25, 0.3) is 0 Å². The molecule has 1 rings (SSSR count). The Hall–Kier alpha value is -1.13. The molecule has 0 fully saturated rings. The van der Waals surface area contributed by atoms with Crippen LogP contribution in [0.4, 0.5) is 0 Å². The topological polar surface area (TPSA) is 89.8 Å². The van der Waals surface area contributed by atoms with Gasteiger partial charge in [0, 0.05) is 0 Å². The van der Waals surface area contributed by atoms with Crippen molar-refractivity contribution in [1.29, 1.82) is 5.26 Å².